The van der Waals surface area contributed by atoms with E-state index >= 15 is 0 Å². The van der Waals surface area contributed by atoms with Crippen molar-refractivity contribution in [1.29, 1.82) is 0 Å². The standard InChI is InChI=1S/C14H14BrClN2/c15-11-6-5-10(12(16)7-11)8-18-9-17-13-3-1-2-4-14(13)18/h5-7,9H,1-4,8H2. The number of aromatic nitrogens is 2. The number of benzene rings is 1. The van der Waals surface area contributed by atoms with Gasteiger partial charge in [0.15, 0.2) is 0 Å². The number of hydrogen-bond acceptors (Lipinski definition) is 1. The largest absolute Gasteiger partial charge is 0.330 e. The zero-order valence-electron chi connectivity index (χ0n) is 10.00. The van der Waals surface area contributed by atoms with Crippen LogP contribution in [0.3, 0.4) is 0 Å². The molecule has 0 saturated carbocycles. The maximum atomic E-state index is 6.27. The third-order valence-electron chi connectivity index (χ3n) is 3.47. The molecular weight excluding hydrogens is 312 g/mol. The lowest BCUT2D eigenvalue weighted by atomic mass is 10.0. The third-order valence-corrected chi connectivity index (χ3v) is 4.31. The van der Waals surface area contributed by atoms with Gasteiger partial charge in [-0.15, -0.1) is 0 Å². The monoisotopic (exact) mass is 324 g/mol. The second-order valence-electron chi connectivity index (χ2n) is 4.71. The summed E-state index contributed by atoms with van der Waals surface area (Å²) in [5.41, 5.74) is 3.81. The highest BCUT2D eigenvalue weighted by atomic mass is 79.9. The van der Waals surface area contributed by atoms with E-state index in [1.807, 2.05) is 18.5 Å². The van der Waals surface area contributed by atoms with E-state index in [-0.39, 0.29) is 0 Å². The van der Waals surface area contributed by atoms with Crippen LogP contribution in [-0.4, -0.2) is 9.55 Å². The average Bonchev–Trinajstić information content (AvgIpc) is 2.76. The fourth-order valence-corrected chi connectivity index (χ4v) is 3.23. The second kappa shape index (κ2) is 5.06. The second-order valence-corrected chi connectivity index (χ2v) is 6.03. The molecule has 2 nitrogen and oxygen atoms in total. The molecule has 0 radical (unpaired) electrons. The van der Waals surface area contributed by atoms with Crippen LogP contribution in [0.2, 0.25) is 5.02 Å². The first-order valence-electron chi connectivity index (χ1n) is 6.21. The minimum absolute atomic E-state index is 0.808. The molecule has 3 rings (SSSR count). The SMILES string of the molecule is Clc1cc(Br)ccc1Cn1cnc2c1CCCC2. The molecule has 0 spiro atoms. The van der Waals surface area contributed by atoms with Crippen LogP contribution < -0.4 is 0 Å². The van der Waals surface area contributed by atoms with Gasteiger partial charge in [-0.25, -0.2) is 4.98 Å². The van der Waals surface area contributed by atoms with Crippen molar-refractivity contribution >= 4 is 27.5 Å². The van der Waals surface area contributed by atoms with Crippen LogP contribution in [0, 0.1) is 0 Å². The van der Waals surface area contributed by atoms with E-state index in [0.29, 0.717) is 0 Å². The first kappa shape index (κ1) is 12.2. The first-order chi connectivity index (χ1) is 8.74. The number of aryl methyl sites for hydroxylation is 1. The molecule has 94 valence electrons. The Morgan fingerprint density at radius 3 is 2.94 bits per heavy atom. The number of halogens is 2. The van der Waals surface area contributed by atoms with Gasteiger partial charge in [-0.05, 0) is 43.4 Å². The Morgan fingerprint density at radius 1 is 1.28 bits per heavy atom. The van der Waals surface area contributed by atoms with Crippen molar-refractivity contribution in [2.75, 3.05) is 0 Å². The summed E-state index contributed by atoms with van der Waals surface area (Å²) in [4.78, 5) is 4.51. The minimum atomic E-state index is 0.808. The lowest BCUT2D eigenvalue weighted by molar-refractivity contribution is 0.628. The molecule has 0 amide bonds. The predicted molar refractivity (Wildman–Crippen MR) is 77.1 cm³/mol. The number of hydrogen-bond donors (Lipinski definition) is 0. The van der Waals surface area contributed by atoms with Crippen molar-refractivity contribution < 1.29 is 0 Å². The van der Waals surface area contributed by atoms with E-state index in [9.17, 15) is 0 Å². The summed E-state index contributed by atoms with van der Waals surface area (Å²) in [5, 5.41) is 0.808. The van der Waals surface area contributed by atoms with Crippen molar-refractivity contribution in [2.24, 2.45) is 0 Å². The van der Waals surface area contributed by atoms with Gasteiger partial charge in [0, 0.05) is 15.2 Å². The lowest BCUT2D eigenvalue weighted by Crippen LogP contribution is -2.09. The van der Waals surface area contributed by atoms with Gasteiger partial charge in [-0.2, -0.15) is 0 Å². The molecule has 0 fully saturated rings. The Kier molecular flexibility index (Phi) is 3.44. The summed E-state index contributed by atoms with van der Waals surface area (Å²) in [6, 6.07) is 6.05. The van der Waals surface area contributed by atoms with E-state index < -0.39 is 0 Å². The maximum Gasteiger partial charge on any atom is 0.0954 e. The molecule has 18 heavy (non-hydrogen) atoms. The normalized spacial score (nSPS) is 14.6. The quantitative estimate of drug-likeness (QED) is 0.808. The Balaban J connectivity index is 1.90. The van der Waals surface area contributed by atoms with Gasteiger partial charge in [0.05, 0.1) is 18.6 Å². The Morgan fingerprint density at radius 2 is 2.11 bits per heavy atom. The van der Waals surface area contributed by atoms with E-state index in [1.165, 1.54) is 24.2 Å². The van der Waals surface area contributed by atoms with Crippen LogP contribution >= 0.6 is 27.5 Å². The minimum Gasteiger partial charge on any atom is -0.330 e. The Labute approximate surface area is 120 Å². The van der Waals surface area contributed by atoms with E-state index in [1.54, 1.807) is 0 Å². The first-order valence-corrected chi connectivity index (χ1v) is 7.38. The van der Waals surface area contributed by atoms with Gasteiger partial charge < -0.3 is 4.57 Å². The molecule has 0 N–H and O–H groups in total. The van der Waals surface area contributed by atoms with Crippen molar-refractivity contribution in [1.82, 2.24) is 9.55 Å². The lowest BCUT2D eigenvalue weighted by Gasteiger charge is -2.14. The maximum absolute atomic E-state index is 6.27. The zero-order chi connectivity index (χ0) is 12.5. The summed E-state index contributed by atoms with van der Waals surface area (Å²) in [6.07, 6.45) is 6.75. The number of imidazole rings is 1. The highest BCUT2D eigenvalue weighted by molar-refractivity contribution is 9.10. The van der Waals surface area contributed by atoms with Crippen molar-refractivity contribution in [3.8, 4) is 0 Å². The molecule has 1 aromatic heterocycles. The molecule has 1 aliphatic carbocycles. The van der Waals surface area contributed by atoms with Gasteiger partial charge in [0.25, 0.3) is 0 Å². The van der Waals surface area contributed by atoms with Crippen LogP contribution in [0.5, 0.6) is 0 Å². The average molecular weight is 326 g/mol. The molecule has 2 aromatic rings. The van der Waals surface area contributed by atoms with Crippen LogP contribution in [0.1, 0.15) is 29.8 Å². The summed E-state index contributed by atoms with van der Waals surface area (Å²) in [5.74, 6) is 0. The predicted octanol–water partition coefficient (Wildman–Crippen LogP) is 4.23. The number of nitrogens with zero attached hydrogens (tertiary/aromatic N) is 2. The van der Waals surface area contributed by atoms with E-state index in [4.69, 9.17) is 11.6 Å². The fraction of sp³-hybridized carbons (Fsp3) is 0.357. The summed E-state index contributed by atoms with van der Waals surface area (Å²) >= 11 is 9.70. The molecule has 0 atom stereocenters. The van der Waals surface area contributed by atoms with Crippen molar-refractivity contribution in [3.05, 3.63) is 51.0 Å². The topological polar surface area (TPSA) is 17.8 Å². The summed E-state index contributed by atoms with van der Waals surface area (Å²) < 4.78 is 3.26. The molecule has 4 heteroatoms. The molecule has 0 aliphatic heterocycles. The Hall–Kier alpha value is -0.800. The third kappa shape index (κ3) is 2.34. The highest BCUT2D eigenvalue weighted by Crippen LogP contribution is 2.25. The molecule has 1 aromatic carbocycles. The van der Waals surface area contributed by atoms with Gasteiger partial charge >= 0.3 is 0 Å². The number of rotatable bonds is 2. The Bertz CT molecular complexity index is 577. The van der Waals surface area contributed by atoms with Crippen molar-refractivity contribution in [3.63, 3.8) is 0 Å². The zero-order valence-corrected chi connectivity index (χ0v) is 12.3. The van der Waals surface area contributed by atoms with Gasteiger partial charge in [0.1, 0.15) is 0 Å². The van der Waals surface area contributed by atoms with Gasteiger partial charge in [-0.3, -0.25) is 0 Å². The highest BCUT2D eigenvalue weighted by Gasteiger charge is 2.15. The molecule has 0 saturated heterocycles. The van der Waals surface area contributed by atoms with Crippen LogP contribution in [0.25, 0.3) is 0 Å². The van der Waals surface area contributed by atoms with Gasteiger partial charge in [0.2, 0.25) is 0 Å². The smallest absolute Gasteiger partial charge is 0.0954 e. The molecule has 1 aliphatic rings. The van der Waals surface area contributed by atoms with Crippen LogP contribution in [0.15, 0.2) is 29.0 Å². The van der Waals surface area contributed by atoms with Crippen molar-refractivity contribution in [2.45, 2.75) is 32.2 Å². The van der Waals surface area contributed by atoms with Crippen LogP contribution in [-0.2, 0) is 19.4 Å². The molecule has 0 unspecified atom stereocenters. The number of fused-ring (bicyclic) bond motifs is 1. The van der Waals surface area contributed by atoms with Crippen LogP contribution in [0.4, 0.5) is 0 Å². The van der Waals surface area contributed by atoms with E-state index in [2.05, 4.69) is 31.5 Å². The molecular formula is C14H14BrClN2. The fourth-order valence-electron chi connectivity index (χ4n) is 2.50. The van der Waals surface area contributed by atoms with E-state index in [0.717, 1.165) is 34.4 Å². The molecule has 1 heterocycles. The van der Waals surface area contributed by atoms with Gasteiger partial charge in [-0.1, -0.05) is 33.6 Å². The summed E-state index contributed by atoms with van der Waals surface area (Å²) in [6.45, 7) is 0.814. The molecule has 0 bridgehead atoms. The summed E-state index contributed by atoms with van der Waals surface area (Å²) in [7, 11) is 0.